The second-order valence-electron chi connectivity index (χ2n) is 5.20. The first kappa shape index (κ1) is 15.4. The number of aromatic amines is 1. The molecule has 0 aliphatic carbocycles. The lowest BCUT2D eigenvalue weighted by atomic mass is 10.1. The summed E-state index contributed by atoms with van der Waals surface area (Å²) < 4.78 is 0. The number of hydrogen-bond donors (Lipinski definition) is 3. The Morgan fingerprint density at radius 2 is 1.83 bits per heavy atom. The maximum atomic E-state index is 12.1. The Balaban J connectivity index is 1.60. The largest absolute Gasteiger partial charge is 0.366 e. The number of H-pyrrole nitrogens is 1. The lowest BCUT2D eigenvalue weighted by Gasteiger charge is -1.98. The summed E-state index contributed by atoms with van der Waals surface area (Å²) in [6.45, 7) is 0.228. The standard InChI is InChI=1S/C19H15N3O2/c20-18(23)14-9-7-13(8-10-14)4-3-11-21-19(24)17-12-15-5-1-2-6-16(15)22-17/h1-2,5-10,12,22H,11H2,(H2,20,23)(H,21,24). The molecule has 0 bridgehead atoms. The Morgan fingerprint density at radius 3 is 2.54 bits per heavy atom. The lowest BCUT2D eigenvalue weighted by Crippen LogP contribution is -2.23. The summed E-state index contributed by atoms with van der Waals surface area (Å²) in [4.78, 5) is 26.1. The van der Waals surface area contributed by atoms with Gasteiger partial charge in [0.2, 0.25) is 5.91 Å². The molecule has 2 amide bonds. The number of hydrogen-bond acceptors (Lipinski definition) is 2. The van der Waals surface area contributed by atoms with Crippen molar-refractivity contribution in [3.8, 4) is 11.8 Å². The molecule has 3 aromatic rings. The average molecular weight is 317 g/mol. The summed E-state index contributed by atoms with van der Waals surface area (Å²) in [5.74, 6) is 5.11. The third-order valence-corrected chi connectivity index (χ3v) is 3.51. The van der Waals surface area contributed by atoms with Crippen LogP contribution in [0, 0.1) is 11.8 Å². The van der Waals surface area contributed by atoms with Gasteiger partial charge < -0.3 is 16.0 Å². The highest BCUT2D eigenvalue weighted by atomic mass is 16.2. The number of carbonyl (C=O) groups excluding carboxylic acids is 2. The van der Waals surface area contributed by atoms with Gasteiger partial charge in [-0.05, 0) is 36.4 Å². The molecule has 1 heterocycles. The van der Waals surface area contributed by atoms with Gasteiger partial charge in [-0.3, -0.25) is 9.59 Å². The average Bonchev–Trinajstić information content (AvgIpc) is 3.03. The Kier molecular flexibility index (Phi) is 4.30. The fraction of sp³-hybridized carbons (Fsp3) is 0.0526. The number of nitrogens with one attached hydrogen (secondary N) is 2. The number of nitrogens with two attached hydrogens (primary N) is 1. The zero-order valence-corrected chi connectivity index (χ0v) is 12.8. The van der Waals surface area contributed by atoms with Crippen LogP contribution in [-0.4, -0.2) is 23.3 Å². The van der Waals surface area contributed by atoms with Gasteiger partial charge in [0.1, 0.15) is 5.69 Å². The molecular formula is C19H15N3O2. The van der Waals surface area contributed by atoms with E-state index in [0.29, 0.717) is 11.3 Å². The van der Waals surface area contributed by atoms with Gasteiger partial charge >= 0.3 is 0 Å². The van der Waals surface area contributed by atoms with E-state index in [0.717, 1.165) is 16.5 Å². The molecule has 0 unspecified atom stereocenters. The van der Waals surface area contributed by atoms with Gasteiger partial charge in [-0.1, -0.05) is 30.0 Å². The van der Waals surface area contributed by atoms with Crippen LogP contribution in [0.15, 0.2) is 54.6 Å². The van der Waals surface area contributed by atoms with Gasteiger partial charge in [-0.25, -0.2) is 0 Å². The number of primary amides is 1. The van der Waals surface area contributed by atoms with Crippen LogP contribution in [0.5, 0.6) is 0 Å². The predicted molar refractivity (Wildman–Crippen MR) is 92.5 cm³/mol. The van der Waals surface area contributed by atoms with Crippen molar-refractivity contribution < 1.29 is 9.59 Å². The van der Waals surface area contributed by atoms with Crippen molar-refractivity contribution in [3.05, 3.63) is 71.4 Å². The first-order valence-corrected chi connectivity index (χ1v) is 7.38. The van der Waals surface area contributed by atoms with Crippen molar-refractivity contribution in [2.45, 2.75) is 0 Å². The fourth-order valence-electron chi connectivity index (χ4n) is 2.28. The maximum absolute atomic E-state index is 12.1. The molecule has 118 valence electrons. The molecule has 5 nitrogen and oxygen atoms in total. The van der Waals surface area contributed by atoms with E-state index < -0.39 is 5.91 Å². The number of carbonyl (C=O) groups is 2. The number of aromatic nitrogens is 1. The van der Waals surface area contributed by atoms with Crippen molar-refractivity contribution in [3.63, 3.8) is 0 Å². The minimum Gasteiger partial charge on any atom is -0.366 e. The highest BCUT2D eigenvalue weighted by Crippen LogP contribution is 2.14. The quantitative estimate of drug-likeness (QED) is 0.646. The summed E-state index contributed by atoms with van der Waals surface area (Å²) in [5.41, 5.74) is 7.79. The maximum Gasteiger partial charge on any atom is 0.268 e. The monoisotopic (exact) mass is 317 g/mol. The predicted octanol–water partition coefficient (Wildman–Crippen LogP) is 2.05. The Bertz CT molecular complexity index is 926. The van der Waals surface area contributed by atoms with E-state index in [2.05, 4.69) is 22.1 Å². The van der Waals surface area contributed by atoms with Crippen LogP contribution >= 0.6 is 0 Å². The van der Waals surface area contributed by atoms with E-state index >= 15 is 0 Å². The van der Waals surface area contributed by atoms with Crippen molar-refractivity contribution in [2.75, 3.05) is 6.54 Å². The summed E-state index contributed by atoms with van der Waals surface area (Å²) in [7, 11) is 0. The van der Waals surface area contributed by atoms with E-state index in [-0.39, 0.29) is 12.5 Å². The summed E-state index contributed by atoms with van der Waals surface area (Å²) in [6.07, 6.45) is 0. The minimum atomic E-state index is -0.472. The Hall–Kier alpha value is -3.52. The molecular weight excluding hydrogens is 302 g/mol. The van der Waals surface area contributed by atoms with Gasteiger partial charge in [-0.2, -0.15) is 0 Å². The van der Waals surface area contributed by atoms with Crippen molar-refractivity contribution in [1.82, 2.24) is 10.3 Å². The molecule has 0 spiro atoms. The molecule has 0 saturated heterocycles. The molecule has 1 aromatic heterocycles. The van der Waals surface area contributed by atoms with Gasteiger partial charge in [0, 0.05) is 22.0 Å². The molecule has 3 rings (SSSR count). The van der Waals surface area contributed by atoms with E-state index in [1.54, 1.807) is 30.3 Å². The number of fused-ring (bicyclic) bond motifs is 1. The van der Waals surface area contributed by atoms with E-state index in [1.165, 1.54) is 0 Å². The van der Waals surface area contributed by atoms with Gasteiger partial charge in [0.15, 0.2) is 0 Å². The highest BCUT2D eigenvalue weighted by molar-refractivity contribution is 5.98. The smallest absolute Gasteiger partial charge is 0.268 e. The normalized spacial score (nSPS) is 10.0. The van der Waals surface area contributed by atoms with Crippen molar-refractivity contribution in [1.29, 1.82) is 0 Å². The Morgan fingerprint density at radius 1 is 1.08 bits per heavy atom. The minimum absolute atomic E-state index is 0.204. The summed E-state index contributed by atoms with van der Waals surface area (Å²) in [6, 6.07) is 16.2. The molecule has 0 saturated carbocycles. The SMILES string of the molecule is NC(=O)c1ccc(C#CCNC(=O)c2cc3ccccc3[nH]2)cc1. The molecule has 0 aliphatic heterocycles. The van der Waals surface area contributed by atoms with Crippen LogP contribution in [-0.2, 0) is 0 Å². The van der Waals surface area contributed by atoms with Crippen LogP contribution in [0.25, 0.3) is 10.9 Å². The molecule has 4 N–H and O–H groups in total. The molecule has 0 atom stereocenters. The van der Waals surface area contributed by atoms with E-state index in [4.69, 9.17) is 5.73 Å². The molecule has 0 fully saturated rings. The molecule has 0 aliphatic rings. The van der Waals surface area contributed by atoms with Crippen LogP contribution < -0.4 is 11.1 Å². The topological polar surface area (TPSA) is 88.0 Å². The third-order valence-electron chi connectivity index (χ3n) is 3.51. The van der Waals surface area contributed by atoms with Crippen molar-refractivity contribution in [2.24, 2.45) is 5.73 Å². The second-order valence-corrected chi connectivity index (χ2v) is 5.20. The Labute approximate surface area is 138 Å². The van der Waals surface area contributed by atoms with E-state index in [9.17, 15) is 9.59 Å². The van der Waals surface area contributed by atoms with Crippen LogP contribution in [0.1, 0.15) is 26.4 Å². The van der Waals surface area contributed by atoms with Gasteiger partial charge in [0.25, 0.3) is 5.91 Å². The second kappa shape index (κ2) is 6.71. The highest BCUT2D eigenvalue weighted by Gasteiger charge is 2.07. The third kappa shape index (κ3) is 3.45. The number of amides is 2. The van der Waals surface area contributed by atoms with E-state index in [1.807, 2.05) is 24.3 Å². The molecule has 0 radical (unpaired) electrons. The molecule has 5 heteroatoms. The van der Waals surface area contributed by atoms with Crippen LogP contribution in [0.2, 0.25) is 0 Å². The fourth-order valence-corrected chi connectivity index (χ4v) is 2.28. The zero-order valence-electron chi connectivity index (χ0n) is 12.8. The van der Waals surface area contributed by atoms with Crippen LogP contribution in [0.4, 0.5) is 0 Å². The molecule has 2 aromatic carbocycles. The number of para-hydroxylation sites is 1. The number of rotatable bonds is 3. The first-order valence-electron chi connectivity index (χ1n) is 7.38. The summed E-state index contributed by atoms with van der Waals surface area (Å²) in [5, 5.41) is 3.73. The van der Waals surface area contributed by atoms with Crippen LogP contribution in [0.3, 0.4) is 0 Å². The van der Waals surface area contributed by atoms with Crippen molar-refractivity contribution >= 4 is 22.7 Å². The zero-order chi connectivity index (χ0) is 16.9. The number of benzene rings is 2. The van der Waals surface area contributed by atoms with Gasteiger partial charge in [-0.15, -0.1) is 0 Å². The summed E-state index contributed by atoms with van der Waals surface area (Å²) >= 11 is 0. The lowest BCUT2D eigenvalue weighted by molar-refractivity contribution is 0.0953. The van der Waals surface area contributed by atoms with Gasteiger partial charge in [0.05, 0.1) is 6.54 Å². The first-order chi connectivity index (χ1) is 11.6. The molecule has 24 heavy (non-hydrogen) atoms.